The van der Waals surface area contributed by atoms with E-state index in [9.17, 15) is 0 Å². The van der Waals surface area contributed by atoms with E-state index in [1.807, 2.05) is 6.20 Å². The van der Waals surface area contributed by atoms with E-state index in [4.69, 9.17) is 9.47 Å². The highest BCUT2D eigenvalue weighted by molar-refractivity contribution is 14.0. The summed E-state index contributed by atoms with van der Waals surface area (Å²) in [6, 6.07) is 4.28. The molecule has 0 saturated carbocycles. The summed E-state index contributed by atoms with van der Waals surface area (Å²) in [6.07, 6.45) is 6.72. The molecular weight excluding hydrogens is 481 g/mol. The quantitative estimate of drug-likeness (QED) is 0.239. The van der Waals surface area contributed by atoms with E-state index in [0.29, 0.717) is 6.54 Å². The number of hydrogen-bond acceptors (Lipinski definition) is 5. The number of aliphatic imine (C=N–C) groups is 1. The van der Waals surface area contributed by atoms with E-state index in [1.165, 1.54) is 12.8 Å². The molecule has 164 valence electrons. The minimum absolute atomic E-state index is 0. The Labute approximate surface area is 192 Å². The molecule has 0 bridgehead atoms. The van der Waals surface area contributed by atoms with E-state index < -0.39 is 0 Å². The van der Waals surface area contributed by atoms with Gasteiger partial charge in [0.2, 0.25) is 0 Å². The van der Waals surface area contributed by atoms with Crippen molar-refractivity contribution in [3.05, 3.63) is 23.9 Å². The number of anilines is 1. The lowest BCUT2D eigenvalue weighted by atomic mass is 9.99. The van der Waals surface area contributed by atoms with E-state index >= 15 is 0 Å². The molecule has 0 radical (unpaired) electrons. The number of pyridine rings is 1. The van der Waals surface area contributed by atoms with Crippen LogP contribution in [0.3, 0.4) is 0 Å². The lowest BCUT2D eigenvalue weighted by molar-refractivity contribution is 0.0420. The first-order valence-electron chi connectivity index (χ1n) is 10.6. The van der Waals surface area contributed by atoms with Crippen molar-refractivity contribution >= 4 is 35.8 Å². The summed E-state index contributed by atoms with van der Waals surface area (Å²) in [7, 11) is 1.79. The maximum absolute atomic E-state index is 5.78. The Balaban J connectivity index is 0.00000300. The zero-order chi connectivity index (χ0) is 19.6. The molecule has 2 aliphatic rings. The van der Waals surface area contributed by atoms with Crippen molar-refractivity contribution in [2.45, 2.75) is 45.3 Å². The number of rotatable bonds is 8. The minimum Gasteiger partial charge on any atom is -0.379 e. The molecule has 2 fully saturated rings. The Morgan fingerprint density at radius 3 is 2.76 bits per heavy atom. The van der Waals surface area contributed by atoms with Crippen molar-refractivity contribution in [3.8, 4) is 0 Å². The first-order chi connectivity index (χ1) is 13.7. The molecule has 7 nitrogen and oxygen atoms in total. The number of nitrogens with one attached hydrogen (secondary N) is 2. The minimum atomic E-state index is 0. The molecule has 3 rings (SSSR count). The Morgan fingerprint density at radius 1 is 1.28 bits per heavy atom. The molecule has 0 aromatic carbocycles. The highest BCUT2D eigenvalue weighted by atomic mass is 127. The van der Waals surface area contributed by atoms with Crippen molar-refractivity contribution in [3.63, 3.8) is 0 Å². The average Bonchev–Trinajstić information content (AvgIpc) is 3.25. The van der Waals surface area contributed by atoms with Crippen LogP contribution < -0.4 is 15.5 Å². The van der Waals surface area contributed by atoms with E-state index in [2.05, 4.69) is 44.6 Å². The van der Waals surface area contributed by atoms with Crippen LogP contribution >= 0.6 is 24.0 Å². The maximum atomic E-state index is 5.78. The Hall–Kier alpha value is -1.13. The van der Waals surface area contributed by atoms with Gasteiger partial charge in [0.1, 0.15) is 5.82 Å². The molecular formula is C21H36IN5O2. The summed E-state index contributed by atoms with van der Waals surface area (Å²) in [5.41, 5.74) is 1.15. The van der Waals surface area contributed by atoms with Gasteiger partial charge in [0.15, 0.2) is 5.96 Å². The molecule has 29 heavy (non-hydrogen) atoms. The monoisotopic (exact) mass is 517 g/mol. The van der Waals surface area contributed by atoms with Crippen LogP contribution in [0.25, 0.3) is 0 Å². The standard InChI is InChI=1S/C21H35N5O2.HI/c1-17-6-10-26(11-7-17)20-5-4-18(14-24-20)15-25-21(22-2)23-9-3-12-28-19-8-13-27-16-19;/h4-5,14,17,19H,3,6-13,15-16H2,1-2H3,(H2,22,23,25);1H. The predicted molar refractivity (Wildman–Crippen MR) is 128 cm³/mol. The van der Waals surface area contributed by atoms with Gasteiger partial charge < -0.3 is 25.0 Å². The summed E-state index contributed by atoms with van der Waals surface area (Å²) in [4.78, 5) is 11.3. The highest BCUT2D eigenvalue weighted by Crippen LogP contribution is 2.21. The normalized spacial score (nSPS) is 20.4. The van der Waals surface area contributed by atoms with Crippen LogP contribution in [0.4, 0.5) is 5.82 Å². The summed E-state index contributed by atoms with van der Waals surface area (Å²) < 4.78 is 11.1. The Kier molecular flexibility index (Phi) is 11.0. The van der Waals surface area contributed by atoms with Crippen molar-refractivity contribution in [1.82, 2.24) is 15.6 Å². The lowest BCUT2D eigenvalue weighted by Crippen LogP contribution is -2.37. The van der Waals surface area contributed by atoms with Crippen molar-refractivity contribution in [1.29, 1.82) is 0 Å². The molecule has 8 heteroatoms. The fraction of sp³-hybridized carbons (Fsp3) is 0.714. The number of guanidine groups is 1. The van der Waals surface area contributed by atoms with Crippen LogP contribution in [0.5, 0.6) is 0 Å². The molecule has 1 aromatic rings. The molecule has 1 unspecified atom stereocenters. The van der Waals surface area contributed by atoms with Gasteiger partial charge in [-0.15, -0.1) is 24.0 Å². The highest BCUT2D eigenvalue weighted by Gasteiger charge is 2.17. The molecule has 0 aliphatic carbocycles. The topological polar surface area (TPSA) is 71.0 Å². The van der Waals surface area contributed by atoms with Crippen molar-refractivity contribution < 1.29 is 9.47 Å². The Bertz CT molecular complexity index is 600. The molecule has 2 N–H and O–H groups in total. The third-order valence-electron chi connectivity index (χ3n) is 5.46. The Morgan fingerprint density at radius 2 is 2.10 bits per heavy atom. The zero-order valence-corrected chi connectivity index (χ0v) is 20.1. The van der Waals surface area contributed by atoms with Gasteiger partial charge in [-0.1, -0.05) is 13.0 Å². The van der Waals surface area contributed by atoms with Crippen LogP contribution in [0.2, 0.25) is 0 Å². The third-order valence-corrected chi connectivity index (χ3v) is 5.46. The number of ether oxygens (including phenoxy) is 2. The first-order valence-corrected chi connectivity index (χ1v) is 10.6. The van der Waals surface area contributed by atoms with E-state index in [0.717, 1.165) is 75.6 Å². The summed E-state index contributed by atoms with van der Waals surface area (Å²) in [5, 5.41) is 6.68. The number of piperidine rings is 1. The van der Waals surface area contributed by atoms with Crippen LogP contribution in [0.1, 0.15) is 38.2 Å². The van der Waals surface area contributed by atoms with Gasteiger partial charge in [0, 0.05) is 52.6 Å². The molecule has 0 amide bonds. The number of halogens is 1. The van der Waals surface area contributed by atoms with Crippen LogP contribution in [-0.4, -0.2) is 63.6 Å². The number of hydrogen-bond donors (Lipinski definition) is 2. The smallest absolute Gasteiger partial charge is 0.191 e. The van der Waals surface area contributed by atoms with Crippen LogP contribution in [0.15, 0.2) is 23.3 Å². The molecule has 0 spiro atoms. The SMILES string of the molecule is CN=C(NCCCOC1CCOC1)NCc1ccc(N2CCC(C)CC2)nc1.I. The van der Waals surface area contributed by atoms with E-state index in [-0.39, 0.29) is 30.1 Å². The fourth-order valence-electron chi connectivity index (χ4n) is 3.53. The second-order valence-electron chi connectivity index (χ2n) is 7.76. The maximum Gasteiger partial charge on any atom is 0.191 e. The van der Waals surface area contributed by atoms with Gasteiger partial charge in [0.25, 0.3) is 0 Å². The third kappa shape index (κ3) is 8.25. The van der Waals surface area contributed by atoms with Crippen molar-refractivity contribution in [2.24, 2.45) is 10.9 Å². The second kappa shape index (κ2) is 13.2. The van der Waals surface area contributed by atoms with Gasteiger partial charge in [-0.3, -0.25) is 4.99 Å². The van der Waals surface area contributed by atoms with Gasteiger partial charge in [-0.25, -0.2) is 4.98 Å². The summed E-state index contributed by atoms with van der Waals surface area (Å²) in [5.74, 6) is 2.73. The number of aromatic nitrogens is 1. The summed E-state index contributed by atoms with van der Waals surface area (Å²) in [6.45, 7) is 8.40. The molecule has 1 aromatic heterocycles. The van der Waals surface area contributed by atoms with Gasteiger partial charge >= 0.3 is 0 Å². The largest absolute Gasteiger partial charge is 0.379 e. The van der Waals surface area contributed by atoms with Gasteiger partial charge in [-0.2, -0.15) is 0 Å². The predicted octanol–water partition coefficient (Wildman–Crippen LogP) is 2.80. The lowest BCUT2D eigenvalue weighted by Gasteiger charge is -2.31. The molecule has 2 aliphatic heterocycles. The molecule has 1 atom stereocenters. The van der Waals surface area contributed by atoms with Crippen LogP contribution in [-0.2, 0) is 16.0 Å². The van der Waals surface area contributed by atoms with Gasteiger partial charge in [0.05, 0.1) is 12.7 Å². The zero-order valence-electron chi connectivity index (χ0n) is 17.7. The molecule has 3 heterocycles. The first kappa shape index (κ1) is 24.1. The number of nitrogens with zero attached hydrogens (tertiary/aromatic N) is 3. The summed E-state index contributed by atoms with van der Waals surface area (Å²) >= 11 is 0. The molecule has 2 saturated heterocycles. The fourth-order valence-corrected chi connectivity index (χ4v) is 3.53. The van der Waals surface area contributed by atoms with Crippen molar-refractivity contribution in [2.75, 3.05) is 51.4 Å². The van der Waals surface area contributed by atoms with Gasteiger partial charge in [-0.05, 0) is 43.2 Å². The second-order valence-corrected chi connectivity index (χ2v) is 7.76. The average molecular weight is 517 g/mol. The van der Waals surface area contributed by atoms with E-state index in [1.54, 1.807) is 7.05 Å². The van der Waals surface area contributed by atoms with Crippen LogP contribution in [0, 0.1) is 5.92 Å².